The third-order valence-electron chi connectivity index (χ3n) is 4.09. The van der Waals surface area contributed by atoms with Gasteiger partial charge in [-0.3, -0.25) is 29.4 Å². The molecule has 7 heteroatoms. The van der Waals surface area contributed by atoms with Gasteiger partial charge in [-0.2, -0.15) is 0 Å². The van der Waals surface area contributed by atoms with E-state index in [-0.39, 0.29) is 30.7 Å². The number of piperidine rings is 1. The standard InChI is InChI=1S/C17H19FN2O4/c1-9(2)11-6-10(3)12(7-13(11)18)17(24)20(8-21)14-4-5-15(22)19-16(14)23/h6-9,14H,4-5H2,1-3H3,(H,19,22,23). The molecule has 6 nitrogen and oxygen atoms in total. The van der Waals surface area contributed by atoms with Gasteiger partial charge in [0.05, 0.1) is 0 Å². The maximum atomic E-state index is 14.2. The van der Waals surface area contributed by atoms with E-state index >= 15 is 0 Å². The summed E-state index contributed by atoms with van der Waals surface area (Å²) in [7, 11) is 0. The largest absolute Gasteiger partial charge is 0.295 e. The van der Waals surface area contributed by atoms with Gasteiger partial charge >= 0.3 is 0 Å². The van der Waals surface area contributed by atoms with Crippen LogP contribution in [0.3, 0.4) is 0 Å². The van der Waals surface area contributed by atoms with Crippen LogP contribution in [-0.4, -0.2) is 35.1 Å². The molecule has 1 aliphatic heterocycles. The number of hydrogen-bond acceptors (Lipinski definition) is 4. The lowest BCUT2D eigenvalue weighted by Crippen LogP contribution is -2.53. The fourth-order valence-corrected chi connectivity index (χ4v) is 2.73. The minimum atomic E-state index is -1.07. The van der Waals surface area contributed by atoms with Gasteiger partial charge in [0.2, 0.25) is 18.2 Å². The number of halogens is 1. The molecule has 1 heterocycles. The zero-order valence-corrected chi connectivity index (χ0v) is 13.8. The predicted octanol–water partition coefficient (Wildman–Crippen LogP) is 1.66. The summed E-state index contributed by atoms with van der Waals surface area (Å²) in [5, 5.41) is 2.10. The Hall–Kier alpha value is -2.57. The third kappa shape index (κ3) is 3.34. The maximum absolute atomic E-state index is 14.2. The number of carbonyl (C=O) groups is 4. The summed E-state index contributed by atoms with van der Waals surface area (Å²) in [6, 6.07) is 1.59. The molecule has 0 aliphatic carbocycles. The molecule has 1 atom stereocenters. The number of amides is 4. The van der Waals surface area contributed by atoms with Gasteiger partial charge in [-0.1, -0.05) is 19.9 Å². The summed E-state index contributed by atoms with van der Waals surface area (Å²) in [6.07, 6.45) is 0.338. The molecule has 1 saturated heterocycles. The van der Waals surface area contributed by atoms with E-state index in [0.29, 0.717) is 11.1 Å². The molecule has 1 N–H and O–H groups in total. The Bertz CT molecular complexity index is 715. The fraction of sp³-hybridized carbons (Fsp3) is 0.412. The van der Waals surface area contributed by atoms with Gasteiger partial charge in [0.25, 0.3) is 5.91 Å². The first-order valence-corrected chi connectivity index (χ1v) is 7.68. The van der Waals surface area contributed by atoms with Gasteiger partial charge in [-0.25, -0.2) is 4.39 Å². The molecule has 0 bridgehead atoms. The number of nitrogens with one attached hydrogen (secondary N) is 1. The van der Waals surface area contributed by atoms with Crippen molar-refractivity contribution in [1.29, 1.82) is 0 Å². The van der Waals surface area contributed by atoms with Crippen molar-refractivity contribution in [2.75, 3.05) is 0 Å². The van der Waals surface area contributed by atoms with Crippen molar-refractivity contribution in [3.63, 3.8) is 0 Å². The van der Waals surface area contributed by atoms with Gasteiger partial charge in [0.15, 0.2) is 0 Å². The molecule has 0 saturated carbocycles. The minimum absolute atomic E-state index is 0.0219. The second-order valence-electron chi connectivity index (χ2n) is 6.13. The van der Waals surface area contributed by atoms with Gasteiger partial charge in [0.1, 0.15) is 11.9 Å². The van der Waals surface area contributed by atoms with E-state index in [4.69, 9.17) is 0 Å². The molecular formula is C17H19FN2O4. The van der Waals surface area contributed by atoms with Crippen LogP contribution in [0.2, 0.25) is 0 Å². The molecule has 1 aromatic carbocycles. The molecule has 4 amide bonds. The van der Waals surface area contributed by atoms with Crippen molar-refractivity contribution in [2.45, 2.75) is 45.6 Å². The third-order valence-corrected chi connectivity index (χ3v) is 4.09. The van der Waals surface area contributed by atoms with Crippen LogP contribution in [0.25, 0.3) is 0 Å². The van der Waals surface area contributed by atoms with E-state index in [1.54, 1.807) is 13.0 Å². The lowest BCUT2D eigenvalue weighted by atomic mass is 9.96. The summed E-state index contributed by atoms with van der Waals surface area (Å²) in [5.41, 5.74) is 1.01. The highest BCUT2D eigenvalue weighted by molar-refractivity contribution is 6.07. The summed E-state index contributed by atoms with van der Waals surface area (Å²) >= 11 is 0. The lowest BCUT2D eigenvalue weighted by Gasteiger charge is -2.28. The van der Waals surface area contributed by atoms with Gasteiger partial charge in [-0.15, -0.1) is 0 Å². The number of imide groups is 2. The van der Waals surface area contributed by atoms with Crippen molar-refractivity contribution >= 4 is 24.1 Å². The molecule has 0 radical (unpaired) electrons. The van der Waals surface area contributed by atoms with E-state index in [0.717, 1.165) is 11.0 Å². The number of aryl methyl sites for hydroxylation is 1. The Kier molecular flexibility index (Phi) is 5.11. The molecule has 0 aromatic heterocycles. The van der Waals surface area contributed by atoms with Crippen molar-refractivity contribution in [1.82, 2.24) is 10.2 Å². The predicted molar refractivity (Wildman–Crippen MR) is 83.6 cm³/mol. The average molecular weight is 334 g/mol. The smallest absolute Gasteiger partial charge is 0.261 e. The van der Waals surface area contributed by atoms with E-state index in [1.165, 1.54) is 0 Å². The second kappa shape index (κ2) is 6.90. The molecule has 24 heavy (non-hydrogen) atoms. The summed E-state index contributed by atoms with van der Waals surface area (Å²) in [5.74, 6) is -2.49. The molecule has 1 fully saturated rings. The molecule has 1 unspecified atom stereocenters. The summed E-state index contributed by atoms with van der Waals surface area (Å²) in [4.78, 5) is 47.8. The van der Waals surface area contributed by atoms with Crippen molar-refractivity contribution in [3.05, 3.63) is 34.6 Å². The Labute approximate surface area is 139 Å². The van der Waals surface area contributed by atoms with Gasteiger partial charge < -0.3 is 0 Å². The summed E-state index contributed by atoms with van der Waals surface area (Å²) < 4.78 is 14.2. The van der Waals surface area contributed by atoms with E-state index in [2.05, 4.69) is 5.32 Å². The Balaban J connectivity index is 2.35. The molecule has 1 aliphatic rings. The average Bonchev–Trinajstić information content (AvgIpc) is 2.51. The molecular weight excluding hydrogens is 315 g/mol. The van der Waals surface area contributed by atoms with Crippen LogP contribution >= 0.6 is 0 Å². The number of rotatable bonds is 4. The van der Waals surface area contributed by atoms with Crippen LogP contribution in [0.4, 0.5) is 4.39 Å². The highest BCUT2D eigenvalue weighted by Gasteiger charge is 2.35. The monoisotopic (exact) mass is 334 g/mol. The lowest BCUT2D eigenvalue weighted by molar-refractivity contribution is -0.139. The Morgan fingerprint density at radius 2 is 2.04 bits per heavy atom. The first-order valence-electron chi connectivity index (χ1n) is 7.68. The Morgan fingerprint density at radius 1 is 1.38 bits per heavy atom. The maximum Gasteiger partial charge on any atom is 0.261 e. The SMILES string of the molecule is Cc1cc(C(C)C)c(F)cc1C(=O)N(C=O)C1CCC(=O)NC1=O. The highest BCUT2D eigenvalue weighted by atomic mass is 19.1. The topological polar surface area (TPSA) is 83.6 Å². The van der Waals surface area contributed by atoms with Crippen LogP contribution in [-0.2, 0) is 14.4 Å². The number of hydrogen-bond donors (Lipinski definition) is 1. The van der Waals surface area contributed by atoms with Crippen LogP contribution in [0, 0.1) is 12.7 Å². The fourth-order valence-electron chi connectivity index (χ4n) is 2.73. The van der Waals surface area contributed by atoms with Gasteiger partial charge in [-0.05, 0) is 36.5 Å². The van der Waals surface area contributed by atoms with Crippen LogP contribution < -0.4 is 5.32 Å². The molecule has 0 spiro atoms. The first kappa shape index (κ1) is 17.8. The highest BCUT2D eigenvalue weighted by Crippen LogP contribution is 2.24. The van der Waals surface area contributed by atoms with E-state index < -0.39 is 29.6 Å². The van der Waals surface area contributed by atoms with Crippen LogP contribution in [0.15, 0.2) is 12.1 Å². The molecule has 1 aromatic rings. The quantitative estimate of drug-likeness (QED) is 0.670. The molecule has 2 rings (SSSR count). The number of benzene rings is 1. The van der Waals surface area contributed by atoms with Gasteiger partial charge in [0, 0.05) is 12.0 Å². The van der Waals surface area contributed by atoms with Crippen molar-refractivity contribution in [2.24, 2.45) is 0 Å². The van der Waals surface area contributed by atoms with Crippen LogP contribution in [0.5, 0.6) is 0 Å². The summed E-state index contributed by atoms with van der Waals surface area (Å²) in [6.45, 7) is 5.31. The first-order chi connectivity index (χ1) is 11.3. The second-order valence-corrected chi connectivity index (χ2v) is 6.13. The number of nitrogens with zero attached hydrogens (tertiary/aromatic N) is 1. The van der Waals surface area contributed by atoms with Crippen molar-refractivity contribution < 1.29 is 23.6 Å². The zero-order valence-electron chi connectivity index (χ0n) is 13.8. The normalized spacial score (nSPS) is 17.6. The number of carbonyl (C=O) groups excluding carboxylic acids is 4. The van der Waals surface area contributed by atoms with E-state index in [9.17, 15) is 23.6 Å². The van der Waals surface area contributed by atoms with Crippen molar-refractivity contribution in [3.8, 4) is 0 Å². The molecule has 128 valence electrons. The minimum Gasteiger partial charge on any atom is -0.295 e. The zero-order chi connectivity index (χ0) is 18.0. The van der Waals surface area contributed by atoms with Crippen LogP contribution in [0.1, 0.15) is 54.1 Å². The van der Waals surface area contributed by atoms with E-state index in [1.807, 2.05) is 13.8 Å². The Morgan fingerprint density at radius 3 is 2.58 bits per heavy atom.